The van der Waals surface area contributed by atoms with Crippen LogP contribution in [0.4, 0.5) is 0 Å². The van der Waals surface area contributed by atoms with Crippen LogP contribution in [-0.4, -0.2) is 62.7 Å². The van der Waals surface area contributed by atoms with Gasteiger partial charge in [0.1, 0.15) is 23.9 Å². The fraction of sp³-hybridized carbons (Fsp3) is 0.293. The molecule has 5 atom stereocenters. The molecule has 0 fully saturated rings. The fourth-order valence-corrected chi connectivity index (χ4v) is 7.53. The van der Waals surface area contributed by atoms with E-state index in [1.54, 1.807) is 69.9 Å². The van der Waals surface area contributed by atoms with Crippen LogP contribution in [-0.2, 0) is 26.3 Å². The minimum absolute atomic E-state index is 0.0779. The van der Waals surface area contributed by atoms with E-state index in [1.807, 2.05) is 53.4 Å². The van der Waals surface area contributed by atoms with Crippen molar-refractivity contribution in [1.82, 2.24) is 15.5 Å². The van der Waals surface area contributed by atoms with E-state index in [2.05, 4.69) is 22.8 Å². The predicted molar refractivity (Wildman–Crippen MR) is 191 cm³/mol. The summed E-state index contributed by atoms with van der Waals surface area (Å²) in [5.74, 6) is 0.769. The Kier molecular flexibility index (Phi) is 9.51. The molecule has 0 saturated heterocycles. The third kappa shape index (κ3) is 6.43. The lowest BCUT2D eigenvalue weighted by atomic mass is 9.69. The van der Waals surface area contributed by atoms with Crippen molar-refractivity contribution in [3.8, 4) is 17.2 Å². The van der Waals surface area contributed by atoms with Gasteiger partial charge in [0.05, 0.1) is 25.7 Å². The molecule has 0 radical (unpaired) electrons. The number of benzene rings is 4. The molecule has 4 aromatic rings. The lowest BCUT2D eigenvalue weighted by Crippen LogP contribution is -2.48. The van der Waals surface area contributed by atoms with Crippen molar-refractivity contribution in [2.24, 2.45) is 0 Å². The highest BCUT2D eigenvalue weighted by molar-refractivity contribution is 5.99. The van der Waals surface area contributed by atoms with Crippen LogP contribution in [0.25, 0.3) is 0 Å². The number of carbonyl (C=O) groups excluding carboxylic acids is 3. The largest absolute Gasteiger partial charge is 0.497 e. The van der Waals surface area contributed by atoms with Crippen molar-refractivity contribution >= 4 is 17.7 Å². The van der Waals surface area contributed by atoms with Crippen LogP contribution < -0.4 is 24.8 Å². The van der Waals surface area contributed by atoms with E-state index in [4.69, 9.17) is 18.9 Å². The lowest BCUT2D eigenvalue weighted by molar-refractivity contribution is -0.137. The van der Waals surface area contributed by atoms with Crippen LogP contribution >= 0.6 is 0 Å². The molecular formula is C41H41N3O7. The van der Waals surface area contributed by atoms with Gasteiger partial charge in [0.15, 0.2) is 11.5 Å². The Bertz CT molecular complexity index is 1930. The van der Waals surface area contributed by atoms with Gasteiger partial charge in [-0.05, 0) is 53.4 Å². The van der Waals surface area contributed by atoms with Crippen LogP contribution in [0.15, 0.2) is 109 Å². The van der Waals surface area contributed by atoms with Gasteiger partial charge >= 0.3 is 0 Å². The van der Waals surface area contributed by atoms with E-state index in [1.165, 1.54) is 0 Å². The molecule has 262 valence electrons. The second kappa shape index (κ2) is 14.3. The third-order valence-corrected chi connectivity index (χ3v) is 10.2. The molecule has 4 unspecified atom stereocenters. The molecule has 2 N–H and O–H groups in total. The van der Waals surface area contributed by atoms with Gasteiger partial charge in [0.25, 0.3) is 5.91 Å². The molecule has 10 nitrogen and oxygen atoms in total. The minimum atomic E-state index is -1.08. The summed E-state index contributed by atoms with van der Waals surface area (Å²) in [5.41, 5.74) is 3.12. The number of hydrogen-bond donors (Lipinski definition) is 2. The molecule has 51 heavy (non-hydrogen) atoms. The van der Waals surface area contributed by atoms with E-state index in [-0.39, 0.29) is 18.1 Å². The first-order valence-corrected chi connectivity index (χ1v) is 17.1. The van der Waals surface area contributed by atoms with Crippen LogP contribution in [0.5, 0.6) is 17.2 Å². The van der Waals surface area contributed by atoms with Crippen LogP contribution in [0.3, 0.4) is 0 Å². The lowest BCUT2D eigenvalue weighted by Gasteiger charge is -2.37. The number of hydrogen-bond acceptors (Lipinski definition) is 7. The van der Waals surface area contributed by atoms with Crippen molar-refractivity contribution in [1.29, 1.82) is 0 Å². The first kappa shape index (κ1) is 33.9. The summed E-state index contributed by atoms with van der Waals surface area (Å²) in [6.45, 7) is 0.743. The summed E-state index contributed by atoms with van der Waals surface area (Å²) < 4.78 is 23.2. The first-order valence-electron chi connectivity index (χ1n) is 17.1. The summed E-state index contributed by atoms with van der Waals surface area (Å²) in [6, 6.07) is 26.6. The Morgan fingerprint density at radius 3 is 2.16 bits per heavy atom. The molecule has 0 saturated carbocycles. The predicted octanol–water partition coefficient (Wildman–Crippen LogP) is 5.44. The first-order chi connectivity index (χ1) is 24.8. The summed E-state index contributed by atoms with van der Waals surface area (Å²) in [6.07, 6.45) is 5.30. The number of nitrogens with one attached hydrogen (secondary N) is 2. The zero-order valence-corrected chi connectivity index (χ0v) is 28.8. The van der Waals surface area contributed by atoms with Gasteiger partial charge in [-0.1, -0.05) is 78.9 Å². The molecule has 10 heteroatoms. The SMILES string of the molecule is COc1ccc(C(=O)NC(C(=O)NC(C(=O)N2CCC34C=C[C@H](OC)CC3Oc3c(OC)ccc(c34)C2)c2ccccc2)c2ccccc2)cc1. The molecule has 0 aromatic heterocycles. The van der Waals surface area contributed by atoms with Crippen molar-refractivity contribution in [2.75, 3.05) is 27.9 Å². The summed E-state index contributed by atoms with van der Waals surface area (Å²) in [7, 11) is 4.88. The number of amides is 3. The van der Waals surface area contributed by atoms with E-state index in [9.17, 15) is 14.4 Å². The standard InChI is InChI=1S/C41H41N3O7/c1-48-30-17-14-28(15-18-30)38(45)42-35(26-10-6-4-7-11-26)39(46)43-36(27-12-8-5-9-13-27)40(47)44-23-22-41-21-20-31(49-2)24-33(41)51-37-32(50-3)19-16-29(25-44)34(37)41/h4-21,31,33,35-36H,22-25H2,1-3H3,(H,42,45)(H,43,46)/t31-,33?,35?,36?,41?/m0/s1. The highest BCUT2D eigenvalue weighted by Crippen LogP contribution is 2.56. The molecule has 3 aliphatic rings. The van der Waals surface area contributed by atoms with Crippen LogP contribution in [0.1, 0.15) is 57.5 Å². The number of rotatable bonds is 10. The molecule has 4 aromatic carbocycles. The average molecular weight is 688 g/mol. The van der Waals surface area contributed by atoms with Gasteiger partial charge in [-0.3, -0.25) is 14.4 Å². The molecule has 1 aliphatic carbocycles. The van der Waals surface area contributed by atoms with E-state index in [0.717, 1.165) is 11.1 Å². The van der Waals surface area contributed by atoms with Gasteiger partial charge in [0, 0.05) is 37.7 Å². The summed E-state index contributed by atoms with van der Waals surface area (Å²) >= 11 is 0. The highest BCUT2D eigenvalue weighted by atomic mass is 16.5. The zero-order chi connectivity index (χ0) is 35.5. The van der Waals surface area contributed by atoms with Gasteiger partial charge < -0.3 is 34.5 Å². The average Bonchev–Trinajstić information content (AvgIpc) is 3.42. The van der Waals surface area contributed by atoms with Crippen LogP contribution in [0, 0.1) is 0 Å². The second-order valence-corrected chi connectivity index (χ2v) is 13.1. The smallest absolute Gasteiger partial charge is 0.252 e. The molecule has 2 heterocycles. The zero-order valence-electron chi connectivity index (χ0n) is 28.8. The fourth-order valence-electron chi connectivity index (χ4n) is 7.53. The second-order valence-electron chi connectivity index (χ2n) is 13.1. The van der Waals surface area contributed by atoms with Gasteiger partial charge in [-0.2, -0.15) is 0 Å². The van der Waals surface area contributed by atoms with Gasteiger partial charge in [-0.15, -0.1) is 0 Å². The molecule has 7 rings (SSSR count). The molecule has 1 spiro atoms. The maximum Gasteiger partial charge on any atom is 0.252 e. The third-order valence-electron chi connectivity index (χ3n) is 10.2. The maximum absolute atomic E-state index is 14.8. The molecule has 3 amide bonds. The number of ether oxygens (including phenoxy) is 4. The quantitative estimate of drug-likeness (QED) is 0.214. The Balaban J connectivity index is 1.20. The summed E-state index contributed by atoms with van der Waals surface area (Å²) in [5, 5.41) is 5.93. The molecular weight excluding hydrogens is 646 g/mol. The summed E-state index contributed by atoms with van der Waals surface area (Å²) in [4.78, 5) is 44.3. The Labute approximate surface area is 297 Å². The monoisotopic (exact) mass is 687 g/mol. The van der Waals surface area contributed by atoms with Crippen molar-refractivity contribution in [3.05, 3.63) is 137 Å². The van der Waals surface area contributed by atoms with E-state index in [0.29, 0.717) is 59.9 Å². The van der Waals surface area contributed by atoms with Crippen molar-refractivity contribution in [2.45, 2.75) is 49.1 Å². The topological polar surface area (TPSA) is 115 Å². The number of nitrogens with zero attached hydrogens (tertiary/aromatic N) is 1. The van der Waals surface area contributed by atoms with E-state index < -0.39 is 29.3 Å². The molecule has 2 aliphatic heterocycles. The number of methoxy groups -OCH3 is 3. The van der Waals surface area contributed by atoms with Crippen LogP contribution in [0.2, 0.25) is 0 Å². The van der Waals surface area contributed by atoms with Crippen molar-refractivity contribution < 1.29 is 33.3 Å². The van der Waals surface area contributed by atoms with Crippen molar-refractivity contribution in [3.63, 3.8) is 0 Å². The normalized spacial score (nSPS) is 21.2. The Hall–Kier alpha value is -5.61. The maximum atomic E-state index is 14.8. The van der Waals surface area contributed by atoms with Gasteiger partial charge in [-0.25, -0.2) is 0 Å². The Morgan fingerprint density at radius 2 is 1.51 bits per heavy atom. The van der Waals surface area contributed by atoms with E-state index >= 15 is 0 Å². The highest BCUT2D eigenvalue weighted by Gasteiger charge is 2.53. The van der Waals surface area contributed by atoms with Gasteiger partial charge in [0.2, 0.25) is 11.8 Å². The number of carbonyl (C=O) groups is 3. The Morgan fingerprint density at radius 1 is 0.824 bits per heavy atom. The minimum Gasteiger partial charge on any atom is -0.497 e. The molecule has 0 bridgehead atoms.